The van der Waals surface area contributed by atoms with Crippen LogP contribution < -0.4 is 5.32 Å². The zero-order chi connectivity index (χ0) is 19.8. The summed E-state index contributed by atoms with van der Waals surface area (Å²) in [6, 6.07) is 0. The van der Waals surface area contributed by atoms with E-state index in [0.29, 0.717) is 5.92 Å². The molecule has 3 atom stereocenters. The van der Waals surface area contributed by atoms with Crippen LogP contribution >= 0.6 is 0 Å². The van der Waals surface area contributed by atoms with E-state index >= 15 is 0 Å². The van der Waals surface area contributed by atoms with E-state index in [1.54, 1.807) is 0 Å². The van der Waals surface area contributed by atoms with E-state index in [2.05, 4.69) is 33.0 Å². The summed E-state index contributed by atoms with van der Waals surface area (Å²) in [6.07, 6.45) is 4.00. The molecular weight excluding hydrogens is 333 g/mol. The van der Waals surface area contributed by atoms with Crippen LogP contribution in [0.3, 0.4) is 0 Å². The topological polar surface area (TPSA) is 73.9 Å². The molecule has 0 aromatic carbocycles. The van der Waals surface area contributed by atoms with E-state index in [9.17, 15) is 9.59 Å². The fourth-order valence-corrected chi connectivity index (χ4v) is 4.16. The molecule has 1 aliphatic carbocycles. The van der Waals surface area contributed by atoms with Crippen LogP contribution in [0.4, 0.5) is 0 Å². The van der Waals surface area contributed by atoms with Gasteiger partial charge in [0.25, 0.3) is 0 Å². The van der Waals surface area contributed by atoms with Gasteiger partial charge >= 0.3 is 13.1 Å². The third-order valence-corrected chi connectivity index (χ3v) is 6.14. The number of nitrogens with one attached hydrogen (secondary N) is 1. The van der Waals surface area contributed by atoms with Gasteiger partial charge in [-0.3, -0.25) is 9.59 Å². The number of rotatable bonds is 5. The second kappa shape index (κ2) is 7.51. The average molecular weight is 367 g/mol. The largest absolute Gasteiger partial charge is 0.460 e. The quantitative estimate of drug-likeness (QED) is 0.597. The molecule has 1 saturated heterocycles. The van der Waals surface area contributed by atoms with Crippen LogP contribution in [0.15, 0.2) is 0 Å². The summed E-state index contributed by atoms with van der Waals surface area (Å²) in [6.45, 7) is 13.1. The van der Waals surface area contributed by atoms with Crippen molar-refractivity contribution in [3.05, 3.63) is 0 Å². The highest BCUT2D eigenvalue weighted by molar-refractivity contribution is 6.45. The molecule has 0 bridgehead atoms. The summed E-state index contributed by atoms with van der Waals surface area (Å²) in [5, 5.41) is 3.02. The molecule has 2 rings (SSSR count). The molecule has 2 fully saturated rings. The third kappa shape index (κ3) is 4.80. The van der Waals surface area contributed by atoms with E-state index < -0.39 is 5.54 Å². The molecule has 0 radical (unpaired) electrons. The van der Waals surface area contributed by atoms with Crippen molar-refractivity contribution in [3.63, 3.8) is 0 Å². The maximum atomic E-state index is 11.7. The Labute approximate surface area is 157 Å². The molecule has 6 nitrogen and oxygen atoms in total. The first-order chi connectivity index (χ1) is 11.8. The first-order valence-corrected chi connectivity index (χ1v) is 9.66. The molecular formula is C19H34BNO5. The Morgan fingerprint density at radius 2 is 1.65 bits per heavy atom. The monoisotopic (exact) mass is 367 g/mol. The summed E-state index contributed by atoms with van der Waals surface area (Å²) >= 11 is 0. The summed E-state index contributed by atoms with van der Waals surface area (Å²) in [7, 11) is -0.196. The Hall–Kier alpha value is -1.08. The SMILES string of the molecule is CC(=O)N[C@]1(C)C[C@H](CCB2OC(C)(C)C(C)(C)O2)CC[C@@H]1OC(C)=O. The fourth-order valence-electron chi connectivity index (χ4n) is 4.16. The number of amides is 1. The molecule has 0 unspecified atom stereocenters. The zero-order valence-electron chi connectivity index (χ0n) is 17.3. The summed E-state index contributed by atoms with van der Waals surface area (Å²) in [4.78, 5) is 23.1. The first-order valence-electron chi connectivity index (χ1n) is 9.66. The Kier molecular flexibility index (Phi) is 6.13. The lowest BCUT2D eigenvalue weighted by atomic mass is 9.70. The third-order valence-electron chi connectivity index (χ3n) is 6.14. The van der Waals surface area contributed by atoms with Gasteiger partial charge in [0.05, 0.1) is 16.7 Å². The van der Waals surface area contributed by atoms with E-state index in [-0.39, 0.29) is 36.3 Å². The Balaban J connectivity index is 1.95. The van der Waals surface area contributed by atoms with Crippen LogP contribution in [-0.2, 0) is 23.6 Å². The van der Waals surface area contributed by atoms with Crippen LogP contribution in [-0.4, -0.2) is 41.8 Å². The van der Waals surface area contributed by atoms with Gasteiger partial charge < -0.3 is 19.4 Å². The number of carbonyl (C=O) groups excluding carboxylic acids is 2. The maximum absolute atomic E-state index is 11.7. The predicted octanol–water partition coefficient (Wildman–Crippen LogP) is 3.10. The van der Waals surface area contributed by atoms with Gasteiger partial charge in [-0.25, -0.2) is 0 Å². The normalized spacial score (nSPS) is 33.0. The van der Waals surface area contributed by atoms with Gasteiger partial charge in [-0.05, 0) is 66.1 Å². The molecule has 7 heteroatoms. The van der Waals surface area contributed by atoms with Gasteiger partial charge in [0.15, 0.2) is 0 Å². The van der Waals surface area contributed by atoms with Crippen LogP contribution in [0.5, 0.6) is 0 Å². The van der Waals surface area contributed by atoms with Gasteiger partial charge in [-0.15, -0.1) is 0 Å². The highest BCUT2D eigenvalue weighted by Gasteiger charge is 2.51. The van der Waals surface area contributed by atoms with Crippen molar-refractivity contribution in [2.24, 2.45) is 5.92 Å². The van der Waals surface area contributed by atoms with E-state index in [1.807, 2.05) is 6.92 Å². The van der Waals surface area contributed by atoms with Crippen LogP contribution in [0.2, 0.25) is 6.32 Å². The molecule has 1 aliphatic heterocycles. The first kappa shape index (κ1) is 21.2. The van der Waals surface area contributed by atoms with Crippen LogP contribution in [0.25, 0.3) is 0 Å². The molecule has 0 spiro atoms. The van der Waals surface area contributed by atoms with Crippen molar-refractivity contribution in [2.75, 3.05) is 0 Å². The lowest BCUT2D eigenvalue weighted by Gasteiger charge is -2.44. The minimum atomic E-state index is -0.531. The van der Waals surface area contributed by atoms with Crippen molar-refractivity contribution in [1.29, 1.82) is 0 Å². The van der Waals surface area contributed by atoms with Crippen LogP contribution in [0, 0.1) is 5.92 Å². The van der Waals surface area contributed by atoms with Gasteiger partial charge in [0.1, 0.15) is 6.10 Å². The van der Waals surface area contributed by atoms with Crippen molar-refractivity contribution in [2.45, 2.75) is 103 Å². The lowest BCUT2D eigenvalue weighted by Crippen LogP contribution is -2.58. The van der Waals surface area contributed by atoms with Crippen molar-refractivity contribution in [1.82, 2.24) is 5.32 Å². The number of hydrogen-bond acceptors (Lipinski definition) is 5. The predicted molar refractivity (Wildman–Crippen MR) is 101 cm³/mol. The standard InChI is InChI=1S/C19H34BNO5/c1-13(22)21-19(7)12-15(8-9-16(19)24-14(2)23)10-11-20-25-17(3,4)18(5,6)26-20/h15-16H,8-12H2,1-7H3,(H,21,22)/t15-,16-,19+/m0/s1. The molecule has 26 heavy (non-hydrogen) atoms. The summed E-state index contributed by atoms with van der Waals surface area (Å²) in [5.74, 6) is 0.0242. The Morgan fingerprint density at radius 3 is 2.15 bits per heavy atom. The number of esters is 1. The van der Waals surface area contributed by atoms with Crippen molar-refractivity contribution in [3.8, 4) is 0 Å². The van der Waals surface area contributed by atoms with Gasteiger partial charge in [-0.1, -0.05) is 6.42 Å². The maximum Gasteiger partial charge on any atom is 0.457 e. The van der Waals surface area contributed by atoms with Gasteiger partial charge in [0.2, 0.25) is 5.91 Å². The average Bonchev–Trinajstić information content (AvgIpc) is 2.66. The highest BCUT2D eigenvalue weighted by atomic mass is 16.7. The smallest absolute Gasteiger partial charge is 0.457 e. The van der Waals surface area contributed by atoms with Crippen molar-refractivity contribution < 1.29 is 23.6 Å². The minimum Gasteiger partial charge on any atom is -0.460 e. The Morgan fingerprint density at radius 1 is 1.08 bits per heavy atom. The zero-order valence-corrected chi connectivity index (χ0v) is 17.3. The molecule has 1 saturated carbocycles. The summed E-state index contributed by atoms with van der Waals surface area (Å²) < 4.78 is 17.7. The van der Waals surface area contributed by atoms with E-state index in [0.717, 1.165) is 32.0 Å². The van der Waals surface area contributed by atoms with E-state index in [1.165, 1.54) is 13.8 Å². The van der Waals surface area contributed by atoms with E-state index in [4.69, 9.17) is 14.0 Å². The molecule has 0 aromatic heterocycles. The fraction of sp³-hybridized carbons (Fsp3) is 0.895. The molecule has 1 N–H and O–H groups in total. The second-order valence-corrected chi connectivity index (χ2v) is 9.11. The molecule has 1 heterocycles. The van der Waals surface area contributed by atoms with Gasteiger partial charge in [-0.2, -0.15) is 0 Å². The van der Waals surface area contributed by atoms with Gasteiger partial charge in [0, 0.05) is 13.8 Å². The molecule has 1 amide bonds. The second-order valence-electron chi connectivity index (χ2n) is 9.11. The van der Waals surface area contributed by atoms with Crippen molar-refractivity contribution >= 4 is 19.0 Å². The number of ether oxygens (including phenoxy) is 1. The highest BCUT2D eigenvalue weighted by Crippen LogP contribution is 2.41. The molecule has 0 aromatic rings. The lowest BCUT2D eigenvalue weighted by molar-refractivity contribution is -0.155. The molecule has 2 aliphatic rings. The minimum absolute atomic E-state index is 0.101. The summed E-state index contributed by atoms with van der Waals surface area (Å²) in [5.41, 5.74) is -1.15. The number of hydrogen-bond donors (Lipinski definition) is 1. The number of carbonyl (C=O) groups is 2. The Bertz CT molecular complexity index is 534. The molecule has 148 valence electrons. The van der Waals surface area contributed by atoms with Crippen LogP contribution in [0.1, 0.15) is 74.1 Å².